The Morgan fingerprint density at radius 2 is 2.08 bits per heavy atom. The van der Waals surface area contributed by atoms with E-state index >= 15 is 0 Å². The van der Waals surface area contributed by atoms with Gasteiger partial charge in [-0.1, -0.05) is 17.8 Å². The average Bonchev–Trinajstić information content (AvgIpc) is 2.55. The van der Waals surface area contributed by atoms with Crippen LogP contribution in [0.15, 0.2) is 23.4 Å². The van der Waals surface area contributed by atoms with Crippen molar-refractivity contribution in [1.29, 1.82) is 0 Å². The van der Waals surface area contributed by atoms with Crippen LogP contribution < -0.4 is 10.6 Å². The van der Waals surface area contributed by atoms with E-state index in [1.807, 2.05) is 26.0 Å². The number of nitrogens with one attached hydrogen (secondary N) is 2. The first kappa shape index (κ1) is 16.9. The molecule has 1 aliphatic rings. The van der Waals surface area contributed by atoms with Gasteiger partial charge in [0.1, 0.15) is 5.82 Å². The van der Waals surface area contributed by atoms with Crippen LogP contribution in [0.1, 0.15) is 22.5 Å². The molecule has 3 rings (SSSR count). The molecule has 0 unspecified atom stereocenters. The summed E-state index contributed by atoms with van der Waals surface area (Å²) in [6.07, 6.45) is 0.635. The molecule has 0 fully saturated rings. The van der Waals surface area contributed by atoms with E-state index in [0.29, 0.717) is 23.7 Å². The van der Waals surface area contributed by atoms with Crippen LogP contribution in [0.4, 0.5) is 10.1 Å². The van der Waals surface area contributed by atoms with Gasteiger partial charge in [-0.15, -0.1) is 0 Å². The molecule has 5 nitrogen and oxygen atoms in total. The monoisotopic (exact) mass is 346 g/mol. The summed E-state index contributed by atoms with van der Waals surface area (Å²) in [7, 11) is 0. The van der Waals surface area contributed by atoms with E-state index in [1.165, 1.54) is 11.8 Å². The Balaban J connectivity index is 1.65. The second-order valence-corrected chi connectivity index (χ2v) is 6.70. The number of aryl methyl sites for hydroxylation is 2. The minimum Gasteiger partial charge on any atom is -0.323 e. The summed E-state index contributed by atoms with van der Waals surface area (Å²) >= 11 is 1.24. The van der Waals surface area contributed by atoms with E-state index in [-0.39, 0.29) is 23.2 Å². The maximum absolute atomic E-state index is 14.5. The molecule has 7 heteroatoms. The number of nitrogens with zero attached hydrogens (tertiary/aromatic N) is 2. The largest absolute Gasteiger partial charge is 0.323 e. The maximum atomic E-state index is 14.5. The lowest BCUT2D eigenvalue weighted by atomic mass is 9.99. The third-order valence-electron chi connectivity index (χ3n) is 3.78. The van der Waals surface area contributed by atoms with Crippen molar-refractivity contribution in [2.75, 3.05) is 17.6 Å². The Morgan fingerprint density at radius 1 is 1.33 bits per heavy atom. The Kier molecular flexibility index (Phi) is 5.11. The van der Waals surface area contributed by atoms with E-state index in [1.54, 1.807) is 6.07 Å². The Bertz CT molecular complexity index is 761. The van der Waals surface area contributed by atoms with Gasteiger partial charge >= 0.3 is 0 Å². The molecule has 1 aromatic heterocycles. The number of anilines is 1. The molecule has 2 aromatic rings. The van der Waals surface area contributed by atoms with Gasteiger partial charge in [-0.2, -0.15) is 0 Å². The summed E-state index contributed by atoms with van der Waals surface area (Å²) in [5.74, 6) is -0.452. The standard InChI is InChI=1S/C17H19FN4OS/c1-10-7-11(2)21-17(20-10)24-9-15(23)22-14-4-3-12-8-19-6-5-13(12)16(14)18/h3-4,7,19H,5-6,8-9H2,1-2H3,(H,22,23). The van der Waals surface area contributed by atoms with Crippen LogP contribution >= 0.6 is 11.8 Å². The SMILES string of the molecule is Cc1cc(C)nc(SCC(=O)Nc2ccc3c(c2F)CCNC3)n1. The lowest BCUT2D eigenvalue weighted by molar-refractivity contribution is -0.113. The molecule has 126 valence electrons. The summed E-state index contributed by atoms with van der Waals surface area (Å²) in [5.41, 5.74) is 3.61. The summed E-state index contributed by atoms with van der Waals surface area (Å²) in [5, 5.41) is 6.41. The van der Waals surface area contributed by atoms with E-state index < -0.39 is 0 Å². The van der Waals surface area contributed by atoms with Crippen molar-refractivity contribution < 1.29 is 9.18 Å². The van der Waals surface area contributed by atoms with Crippen LogP contribution in [-0.2, 0) is 17.8 Å². The van der Waals surface area contributed by atoms with Crippen molar-refractivity contribution >= 4 is 23.4 Å². The van der Waals surface area contributed by atoms with Crippen molar-refractivity contribution in [2.45, 2.75) is 32.0 Å². The number of benzene rings is 1. The van der Waals surface area contributed by atoms with Crippen LogP contribution in [0.2, 0.25) is 0 Å². The van der Waals surface area contributed by atoms with Gasteiger partial charge in [0.05, 0.1) is 11.4 Å². The molecule has 1 aliphatic heterocycles. The molecule has 2 N–H and O–H groups in total. The molecule has 0 aliphatic carbocycles. The van der Waals surface area contributed by atoms with Gasteiger partial charge in [0, 0.05) is 17.9 Å². The van der Waals surface area contributed by atoms with Crippen molar-refractivity contribution in [3.05, 3.63) is 46.5 Å². The summed E-state index contributed by atoms with van der Waals surface area (Å²) in [4.78, 5) is 20.7. The molecule has 24 heavy (non-hydrogen) atoms. The van der Waals surface area contributed by atoms with Gasteiger partial charge in [0.2, 0.25) is 5.91 Å². The van der Waals surface area contributed by atoms with Crippen molar-refractivity contribution in [3.63, 3.8) is 0 Å². The van der Waals surface area contributed by atoms with Crippen LogP contribution in [0.5, 0.6) is 0 Å². The van der Waals surface area contributed by atoms with Crippen molar-refractivity contribution in [3.8, 4) is 0 Å². The third kappa shape index (κ3) is 3.91. The first-order valence-electron chi connectivity index (χ1n) is 7.79. The lowest BCUT2D eigenvalue weighted by Crippen LogP contribution is -2.25. The Hall–Kier alpha value is -1.99. The highest BCUT2D eigenvalue weighted by Gasteiger charge is 2.17. The number of thioether (sulfide) groups is 1. The lowest BCUT2D eigenvalue weighted by Gasteiger charge is -2.19. The molecule has 1 amide bonds. The van der Waals surface area contributed by atoms with Gasteiger partial charge in [0.25, 0.3) is 0 Å². The molecule has 0 atom stereocenters. The molecule has 0 saturated heterocycles. The Morgan fingerprint density at radius 3 is 2.83 bits per heavy atom. The number of fused-ring (bicyclic) bond motifs is 1. The zero-order chi connectivity index (χ0) is 17.1. The fraction of sp³-hybridized carbons (Fsp3) is 0.353. The minimum absolute atomic E-state index is 0.140. The van der Waals surface area contributed by atoms with Gasteiger partial charge in [-0.25, -0.2) is 14.4 Å². The second kappa shape index (κ2) is 7.27. The van der Waals surface area contributed by atoms with Crippen LogP contribution in [0, 0.1) is 19.7 Å². The number of carbonyl (C=O) groups excluding carboxylic acids is 1. The number of amides is 1. The average molecular weight is 346 g/mol. The zero-order valence-electron chi connectivity index (χ0n) is 13.6. The Labute approximate surface area is 144 Å². The highest BCUT2D eigenvalue weighted by molar-refractivity contribution is 7.99. The van der Waals surface area contributed by atoms with Crippen LogP contribution in [-0.4, -0.2) is 28.2 Å². The van der Waals surface area contributed by atoms with Gasteiger partial charge in [-0.05, 0) is 50.1 Å². The minimum atomic E-state index is -0.324. The highest BCUT2D eigenvalue weighted by Crippen LogP contribution is 2.25. The van der Waals surface area contributed by atoms with E-state index in [9.17, 15) is 9.18 Å². The summed E-state index contributed by atoms with van der Waals surface area (Å²) in [6.45, 7) is 5.19. The predicted molar refractivity (Wildman–Crippen MR) is 92.7 cm³/mol. The van der Waals surface area contributed by atoms with Crippen molar-refractivity contribution in [2.24, 2.45) is 0 Å². The number of hydrogen-bond donors (Lipinski definition) is 2. The number of carbonyl (C=O) groups is 1. The molecule has 1 aromatic carbocycles. The fourth-order valence-corrected chi connectivity index (χ4v) is 3.45. The normalized spacial score (nSPS) is 13.5. The number of hydrogen-bond acceptors (Lipinski definition) is 5. The summed E-state index contributed by atoms with van der Waals surface area (Å²) in [6, 6.07) is 5.36. The molecular weight excluding hydrogens is 327 g/mol. The van der Waals surface area contributed by atoms with Gasteiger partial charge < -0.3 is 10.6 Å². The summed E-state index contributed by atoms with van der Waals surface area (Å²) < 4.78 is 14.5. The maximum Gasteiger partial charge on any atom is 0.234 e. The predicted octanol–water partition coefficient (Wildman–Crippen LogP) is 2.61. The molecule has 0 radical (unpaired) electrons. The van der Waals surface area contributed by atoms with Crippen LogP contribution in [0.25, 0.3) is 0 Å². The zero-order valence-corrected chi connectivity index (χ0v) is 14.5. The molecule has 0 bridgehead atoms. The van der Waals surface area contributed by atoms with Gasteiger partial charge in [-0.3, -0.25) is 4.79 Å². The highest BCUT2D eigenvalue weighted by atomic mass is 32.2. The fourth-order valence-electron chi connectivity index (χ4n) is 2.70. The first-order chi connectivity index (χ1) is 11.5. The van der Waals surface area contributed by atoms with Crippen LogP contribution in [0.3, 0.4) is 0 Å². The first-order valence-corrected chi connectivity index (χ1v) is 8.77. The number of aromatic nitrogens is 2. The number of halogens is 1. The van der Waals surface area contributed by atoms with Gasteiger partial charge in [0.15, 0.2) is 5.16 Å². The second-order valence-electron chi connectivity index (χ2n) is 5.76. The van der Waals surface area contributed by atoms with E-state index in [4.69, 9.17) is 0 Å². The molecule has 2 heterocycles. The molecule has 0 spiro atoms. The third-order valence-corrected chi connectivity index (χ3v) is 4.62. The van der Waals surface area contributed by atoms with E-state index in [2.05, 4.69) is 20.6 Å². The molecule has 0 saturated carbocycles. The van der Waals surface area contributed by atoms with E-state index in [0.717, 1.165) is 23.5 Å². The number of rotatable bonds is 4. The topological polar surface area (TPSA) is 66.9 Å². The smallest absolute Gasteiger partial charge is 0.234 e. The van der Waals surface area contributed by atoms with Crippen molar-refractivity contribution in [1.82, 2.24) is 15.3 Å². The quantitative estimate of drug-likeness (QED) is 0.658. The molecular formula is C17H19FN4OS.